The van der Waals surface area contributed by atoms with E-state index in [2.05, 4.69) is 5.32 Å². The third kappa shape index (κ3) is 4.27. The van der Waals surface area contributed by atoms with Crippen molar-refractivity contribution in [1.82, 2.24) is 15.1 Å². The first-order valence-corrected chi connectivity index (χ1v) is 6.04. The molecule has 1 aliphatic heterocycles. The van der Waals surface area contributed by atoms with Crippen LogP contribution in [0.1, 0.15) is 13.8 Å². The molecule has 2 amide bonds. The number of nitrogens with zero attached hydrogens (tertiary/aromatic N) is 2. The molecule has 0 aromatic rings. The standard InChI is InChI=1S/C12H21N3O3/c1-10(8-13-3)9-18-12(17)15-6-4-14(5-7-15)11(2)16/h8,13H,4-7,9H2,1-3H3/b10-8+. The van der Waals surface area contributed by atoms with Crippen molar-refractivity contribution in [3.63, 3.8) is 0 Å². The van der Waals surface area contributed by atoms with Crippen LogP contribution in [-0.2, 0) is 9.53 Å². The molecule has 0 unspecified atom stereocenters. The average molecular weight is 255 g/mol. The molecule has 1 heterocycles. The van der Waals surface area contributed by atoms with E-state index < -0.39 is 0 Å². The molecule has 1 N–H and O–H groups in total. The fourth-order valence-electron chi connectivity index (χ4n) is 1.76. The molecular formula is C12H21N3O3. The highest BCUT2D eigenvalue weighted by molar-refractivity contribution is 5.74. The van der Waals surface area contributed by atoms with E-state index in [1.807, 2.05) is 6.92 Å². The lowest BCUT2D eigenvalue weighted by atomic mass is 10.3. The van der Waals surface area contributed by atoms with Gasteiger partial charge >= 0.3 is 6.09 Å². The van der Waals surface area contributed by atoms with E-state index in [0.29, 0.717) is 26.2 Å². The summed E-state index contributed by atoms with van der Waals surface area (Å²) < 4.78 is 5.17. The van der Waals surface area contributed by atoms with E-state index in [4.69, 9.17) is 4.74 Å². The van der Waals surface area contributed by atoms with Gasteiger partial charge in [-0.05, 0) is 18.7 Å². The van der Waals surface area contributed by atoms with Gasteiger partial charge < -0.3 is 19.9 Å². The smallest absolute Gasteiger partial charge is 0.410 e. The van der Waals surface area contributed by atoms with Gasteiger partial charge in [0.05, 0.1) is 0 Å². The first-order chi connectivity index (χ1) is 8.54. The summed E-state index contributed by atoms with van der Waals surface area (Å²) >= 11 is 0. The minimum Gasteiger partial charge on any atom is -0.445 e. The fraction of sp³-hybridized carbons (Fsp3) is 0.667. The fourth-order valence-corrected chi connectivity index (χ4v) is 1.76. The molecule has 1 fully saturated rings. The van der Waals surface area contributed by atoms with E-state index in [9.17, 15) is 9.59 Å². The lowest BCUT2D eigenvalue weighted by molar-refractivity contribution is -0.130. The Hall–Kier alpha value is -1.72. The molecule has 1 aliphatic rings. The number of rotatable bonds is 3. The summed E-state index contributed by atoms with van der Waals surface area (Å²) in [6.07, 6.45) is 1.48. The highest BCUT2D eigenvalue weighted by Gasteiger charge is 2.23. The van der Waals surface area contributed by atoms with E-state index in [0.717, 1.165) is 5.57 Å². The van der Waals surface area contributed by atoms with Crippen molar-refractivity contribution in [3.8, 4) is 0 Å². The Morgan fingerprint density at radius 3 is 2.22 bits per heavy atom. The first kappa shape index (κ1) is 14.3. The number of amides is 2. The highest BCUT2D eigenvalue weighted by Crippen LogP contribution is 2.05. The second kappa shape index (κ2) is 6.88. The molecule has 0 bridgehead atoms. The van der Waals surface area contributed by atoms with Crippen molar-refractivity contribution < 1.29 is 14.3 Å². The Kier molecular flexibility index (Phi) is 5.48. The molecule has 6 nitrogen and oxygen atoms in total. The van der Waals surface area contributed by atoms with Gasteiger partial charge in [0.15, 0.2) is 0 Å². The molecule has 1 rings (SSSR count). The minimum absolute atomic E-state index is 0.0517. The molecule has 18 heavy (non-hydrogen) atoms. The van der Waals surface area contributed by atoms with Crippen molar-refractivity contribution in [2.75, 3.05) is 39.8 Å². The maximum absolute atomic E-state index is 11.7. The lowest BCUT2D eigenvalue weighted by Crippen LogP contribution is -2.50. The average Bonchev–Trinajstić information content (AvgIpc) is 2.36. The zero-order valence-corrected chi connectivity index (χ0v) is 11.2. The van der Waals surface area contributed by atoms with Crippen LogP contribution in [-0.4, -0.2) is 61.6 Å². The van der Waals surface area contributed by atoms with Gasteiger partial charge in [-0.25, -0.2) is 4.79 Å². The lowest BCUT2D eigenvalue weighted by Gasteiger charge is -2.33. The van der Waals surface area contributed by atoms with Gasteiger partial charge in [-0.3, -0.25) is 4.79 Å². The van der Waals surface area contributed by atoms with Crippen molar-refractivity contribution in [3.05, 3.63) is 11.8 Å². The summed E-state index contributed by atoms with van der Waals surface area (Å²) in [6.45, 7) is 5.94. The van der Waals surface area contributed by atoms with E-state index >= 15 is 0 Å². The molecule has 0 aliphatic carbocycles. The Balaban J connectivity index is 2.32. The van der Waals surface area contributed by atoms with Crippen LogP contribution in [0.25, 0.3) is 0 Å². The van der Waals surface area contributed by atoms with Crippen LogP contribution in [0, 0.1) is 0 Å². The third-order valence-corrected chi connectivity index (χ3v) is 2.80. The van der Waals surface area contributed by atoms with Crippen LogP contribution in [0.15, 0.2) is 11.8 Å². The number of carbonyl (C=O) groups is 2. The number of hydrogen-bond acceptors (Lipinski definition) is 4. The second-order valence-electron chi connectivity index (χ2n) is 4.33. The molecule has 0 atom stereocenters. The maximum atomic E-state index is 11.7. The van der Waals surface area contributed by atoms with Gasteiger partial charge in [0.2, 0.25) is 5.91 Å². The summed E-state index contributed by atoms with van der Waals surface area (Å²) in [5.74, 6) is 0.0517. The Morgan fingerprint density at radius 1 is 1.17 bits per heavy atom. The summed E-state index contributed by atoms with van der Waals surface area (Å²) in [5.41, 5.74) is 0.952. The number of nitrogens with one attached hydrogen (secondary N) is 1. The van der Waals surface area contributed by atoms with Crippen molar-refractivity contribution in [2.24, 2.45) is 0 Å². The normalized spacial score (nSPS) is 16.5. The molecular weight excluding hydrogens is 234 g/mol. The topological polar surface area (TPSA) is 61.9 Å². The maximum Gasteiger partial charge on any atom is 0.410 e. The van der Waals surface area contributed by atoms with E-state index in [1.54, 1.807) is 30.0 Å². The third-order valence-electron chi connectivity index (χ3n) is 2.80. The largest absolute Gasteiger partial charge is 0.445 e. The molecule has 0 radical (unpaired) electrons. The van der Waals surface area contributed by atoms with Gasteiger partial charge in [0.25, 0.3) is 0 Å². The summed E-state index contributed by atoms with van der Waals surface area (Å²) in [7, 11) is 1.80. The molecule has 0 aromatic carbocycles. The van der Waals surface area contributed by atoms with Gasteiger partial charge in [-0.1, -0.05) is 0 Å². The molecule has 6 heteroatoms. The van der Waals surface area contributed by atoms with Crippen LogP contribution in [0.4, 0.5) is 4.79 Å². The number of hydrogen-bond donors (Lipinski definition) is 1. The van der Waals surface area contributed by atoms with Crippen molar-refractivity contribution in [1.29, 1.82) is 0 Å². The van der Waals surface area contributed by atoms with Crippen LogP contribution in [0.5, 0.6) is 0 Å². The van der Waals surface area contributed by atoms with Crippen molar-refractivity contribution >= 4 is 12.0 Å². The predicted molar refractivity (Wildman–Crippen MR) is 68.0 cm³/mol. The van der Waals surface area contributed by atoms with Crippen LogP contribution in [0.3, 0.4) is 0 Å². The first-order valence-electron chi connectivity index (χ1n) is 6.04. The Morgan fingerprint density at radius 2 is 1.72 bits per heavy atom. The van der Waals surface area contributed by atoms with Gasteiger partial charge in [-0.15, -0.1) is 0 Å². The highest BCUT2D eigenvalue weighted by atomic mass is 16.6. The molecule has 0 aromatic heterocycles. The molecule has 0 saturated carbocycles. The number of ether oxygens (including phenoxy) is 1. The number of carbonyl (C=O) groups excluding carboxylic acids is 2. The van der Waals surface area contributed by atoms with Crippen LogP contribution in [0.2, 0.25) is 0 Å². The molecule has 102 valence electrons. The molecule has 1 saturated heterocycles. The SMILES string of the molecule is CN/C=C(\C)COC(=O)N1CCN(C(C)=O)CC1. The summed E-state index contributed by atoms with van der Waals surface area (Å²) in [6, 6.07) is 0. The monoisotopic (exact) mass is 255 g/mol. The zero-order chi connectivity index (χ0) is 13.5. The zero-order valence-electron chi connectivity index (χ0n) is 11.2. The van der Waals surface area contributed by atoms with Crippen LogP contribution < -0.4 is 5.32 Å². The van der Waals surface area contributed by atoms with Gasteiger partial charge in [0, 0.05) is 40.2 Å². The number of piperazine rings is 1. The molecule has 0 spiro atoms. The van der Waals surface area contributed by atoms with Gasteiger partial charge in [0.1, 0.15) is 6.61 Å². The summed E-state index contributed by atoms with van der Waals surface area (Å²) in [4.78, 5) is 26.2. The quantitative estimate of drug-likeness (QED) is 0.793. The Bertz CT molecular complexity index is 333. The van der Waals surface area contributed by atoms with Gasteiger partial charge in [-0.2, -0.15) is 0 Å². The van der Waals surface area contributed by atoms with E-state index in [1.165, 1.54) is 0 Å². The predicted octanol–water partition coefficient (Wildman–Crippen LogP) is 0.410. The van der Waals surface area contributed by atoms with Crippen LogP contribution >= 0.6 is 0 Å². The Labute approximate surface area is 108 Å². The summed E-state index contributed by atoms with van der Waals surface area (Å²) in [5, 5.41) is 2.88. The van der Waals surface area contributed by atoms with Crippen molar-refractivity contribution in [2.45, 2.75) is 13.8 Å². The second-order valence-corrected chi connectivity index (χ2v) is 4.33. The van der Waals surface area contributed by atoms with E-state index in [-0.39, 0.29) is 18.6 Å². The minimum atomic E-state index is -0.318.